The Hall–Kier alpha value is -4.05. The number of rotatable bonds is 8. The van der Waals surface area contributed by atoms with Gasteiger partial charge in [0, 0.05) is 28.9 Å². The molecule has 4 rings (SSSR count). The quantitative estimate of drug-likeness (QED) is 0.265. The minimum absolute atomic E-state index is 0.0947. The third kappa shape index (κ3) is 5.44. The summed E-state index contributed by atoms with van der Waals surface area (Å²) in [5.74, 6) is 0.545. The van der Waals surface area contributed by atoms with E-state index < -0.39 is 14.9 Å². The van der Waals surface area contributed by atoms with Gasteiger partial charge in [-0.3, -0.25) is 24.6 Å². The van der Waals surface area contributed by atoms with Crippen molar-refractivity contribution in [2.75, 3.05) is 11.8 Å². The number of hydrogen-bond donors (Lipinski definition) is 1. The molecule has 0 aliphatic carbocycles. The zero-order chi connectivity index (χ0) is 26.1. The number of ether oxygens (including phenoxy) is 1. The predicted molar refractivity (Wildman–Crippen MR) is 137 cm³/mol. The van der Waals surface area contributed by atoms with Gasteiger partial charge in [-0.25, -0.2) is 8.42 Å². The SMILES string of the molecule is COc1ccc2c(c1)C(CC(=O)c1ccc(NS(=O)(=O)c3ccc([N+](=O)[O-])cc3)cc1)=NC(C)(C)C2. The molecule has 1 N–H and O–H groups in total. The summed E-state index contributed by atoms with van der Waals surface area (Å²) in [6.45, 7) is 4.05. The maximum atomic E-state index is 13.1. The van der Waals surface area contributed by atoms with E-state index in [9.17, 15) is 23.3 Å². The Balaban J connectivity index is 1.50. The van der Waals surface area contributed by atoms with Crippen LogP contribution in [-0.4, -0.2) is 37.5 Å². The third-order valence-corrected chi connectivity index (χ3v) is 7.23. The fraction of sp³-hybridized carbons (Fsp3) is 0.231. The van der Waals surface area contributed by atoms with Crippen molar-refractivity contribution in [3.05, 3.63) is 93.5 Å². The molecule has 0 fully saturated rings. The van der Waals surface area contributed by atoms with Gasteiger partial charge < -0.3 is 4.74 Å². The number of benzene rings is 3. The number of carbonyl (C=O) groups is 1. The number of nitro groups is 1. The average Bonchev–Trinajstić information content (AvgIpc) is 2.83. The molecule has 1 heterocycles. The summed E-state index contributed by atoms with van der Waals surface area (Å²) >= 11 is 0. The molecule has 10 heteroatoms. The van der Waals surface area contributed by atoms with Crippen LogP contribution < -0.4 is 9.46 Å². The summed E-state index contributed by atoms with van der Waals surface area (Å²) in [7, 11) is -2.36. The van der Waals surface area contributed by atoms with Gasteiger partial charge in [-0.1, -0.05) is 6.07 Å². The zero-order valence-corrected chi connectivity index (χ0v) is 20.8. The van der Waals surface area contributed by atoms with Crippen LogP contribution in [0.1, 0.15) is 41.8 Å². The number of anilines is 1. The number of non-ortho nitro benzene ring substituents is 1. The number of carbonyl (C=O) groups excluding carboxylic acids is 1. The number of methoxy groups -OCH3 is 1. The van der Waals surface area contributed by atoms with Gasteiger partial charge in [0.1, 0.15) is 5.75 Å². The summed E-state index contributed by atoms with van der Waals surface area (Å²) in [6, 6.07) is 16.5. The van der Waals surface area contributed by atoms with Gasteiger partial charge in [0.2, 0.25) is 0 Å². The maximum absolute atomic E-state index is 13.1. The first-order chi connectivity index (χ1) is 17.0. The number of nitrogens with one attached hydrogen (secondary N) is 1. The standard InChI is InChI=1S/C26H25N3O6S/c1-26(2)16-18-6-11-21(35-3)14-23(18)24(27-26)15-25(30)17-4-7-19(8-5-17)28-36(33,34)22-12-9-20(10-13-22)29(31)32/h4-14,28H,15-16H2,1-3H3. The summed E-state index contributed by atoms with van der Waals surface area (Å²) in [6.07, 6.45) is 0.852. The van der Waals surface area contributed by atoms with E-state index in [-0.39, 0.29) is 34.0 Å². The van der Waals surface area contributed by atoms with Crippen molar-refractivity contribution in [2.45, 2.75) is 37.1 Å². The van der Waals surface area contributed by atoms with Gasteiger partial charge >= 0.3 is 0 Å². The van der Waals surface area contributed by atoms with Crippen LogP contribution in [0.25, 0.3) is 0 Å². The average molecular weight is 508 g/mol. The van der Waals surface area contributed by atoms with Gasteiger partial charge in [-0.2, -0.15) is 0 Å². The van der Waals surface area contributed by atoms with Crippen molar-refractivity contribution < 1.29 is 22.9 Å². The first-order valence-corrected chi connectivity index (χ1v) is 12.6. The Labute approximate surface area is 209 Å². The van der Waals surface area contributed by atoms with E-state index in [1.165, 1.54) is 12.1 Å². The lowest BCUT2D eigenvalue weighted by atomic mass is 9.85. The molecule has 0 spiro atoms. The van der Waals surface area contributed by atoms with Crippen LogP contribution in [0.15, 0.2) is 76.6 Å². The second-order valence-electron chi connectivity index (χ2n) is 9.10. The van der Waals surface area contributed by atoms with E-state index in [4.69, 9.17) is 9.73 Å². The van der Waals surface area contributed by atoms with Crippen molar-refractivity contribution in [1.29, 1.82) is 0 Å². The van der Waals surface area contributed by atoms with Crippen molar-refractivity contribution in [3.63, 3.8) is 0 Å². The first-order valence-electron chi connectivity index (χ1n) is 11.1. The van der Waals surface area contributed by atoms with E-state index in [2.05, 4.69) is 4.72 Å². The summed E-state index contributed by atoms with van der Waals surface area (Å²) < 4.78 is 33.0. The second kappa shape index (κ2) is 9.54. The van der Waals surface area contributed by atoms with E-state index >= 15 is 0 Å². The molecule has 0 atom stereocenters. The van der Waals surface area contributed by atoms with Gasteiger partial charge in [-0.15, -0.1) is 0 Å². The van der Waals surface area contributed by atoms with Crippen molar-refractivity contribution >= 4 is 32.9 Å². The Morgan fingerprint density at radius 1 is 1.08 bits per heavy atom. The molecule has 3 aromatic rings. The number of ketones is 1. The lowest BCUT2D eigenvalue weighted by Crippen LogP contribution is -2.30. The zero-order valence-electron chi connectivity index (χ0n) is 20.0. The number of aliphatic imine (C=N–C) groups is 1. The molecule has 1 aliphatic rings. The predicted octanol–water partition coefficient (Wildman–Crippen LogP) is 4.80. The summed E-state index contributed by atoms with van der Waals surface area (Å²) in [4.78, 5) is 28.0. The van der Waals surface area contributed by atoms with E-state index in [1.807, 2.05) is 32.0 Å². The minimum atomic E-state index is -3.95. The van der Waals surface area contributed by atoms with Crippen molar-refractivity contribution in [1.82, 2.24) is 0 Å². The summed E-state index contributed by atoms with van der Waals surface area (Å²) in [5.41, 5.74) is 2.83. The highest BCUT2D eigenvalue weighted by atomic mass is 32.2. The largest absolute Gasteiger partial charge is 0.497 e. The Bertz CT molecular complexity index is 1460. The van der Waals surface area contributed by atoms with Crippen molar-refractivity contribution in [3.8, 4) is 5.75 Å². The molecule has 1 aliphatic heterocycles. The van der Waals surface area contributed by atoms with E-state index in [0.29, 0.717) is 17.0 Å². The van der Waals surface area contributed by atoms with Gasteiger partial charge in [-0.05, 0) is 74.4 Å². The molecule has 0 saturated carbocycles. The number of nitrogens with zero attached hydrogens (tertiary/aromatic N) is 2. The molecule has 3 aromatic carbocycles. The first kappa shape index (κ1) is 25.1. The number of fused-ring (bicyclic) bond motifs is 1. The molecular weight excluding hydrogens is 482 g/mol. The molecule has 0 aromatic heterocycles. The topological polar surface area (TPSA) is 128 Å². The number of nitro benzene ring substituents is 1. The fourth-order valence-corrected chi connectivity index (χ4v) is 5.17. The highest BCUT2D eigenvalue weighted by Gasteiger charge is 2.28. The summed E-state index contributed by atoms with van der Waals surface area (Å²) in [5, 5.41) is 10.8. The van der Waals surface area contributed by atoms with Crippen LogP contribution in [0.4, 0.5) is 11.4 Å². The van der Waals surface area contributed by atoms with E-state index in [1.54, 1.807) is 19.2 Å². The molecule has 0 radical (unpaired) electrons. The maximum Gasteiger partial charge on any atom is 0.269 e. The normalized spacial score (nSPS) is 14.4. The second-order valence-corrected chi connectivity index (χ2v) is 10.8. The van der Waals surface area contributed by atoms with Crippen LogP contribution in [0.2, 0.25) is 0 Å². The Morgan fingerprint density at radius 2 is 1.75 bits per heavy atom. The smallest absolute Gasteiger partial charge is 0.269 e. The van der Waals surface area contributed by atoms with E-state index in [0.717, 1.165) is 41.8 Å². The Kier molecular flexibility index (Phi) is 6.64. The highest BCUT2D eigenvalue weighted by Crippen LogP contribution is 2.31. The van der Waals surface area contributed by atoms with Crippen molar-refractivity contribution in [2.24, 2.45) is 4.99 Å². The van der Waals surface area contributed by atoms with Gasteiger partial charge in [0.05, 0.1) is 34.6 Å². The molecule has 36 heavy (non-hydrogen) atoms. The van der Waals surface area contributed by atoms with Crippen LogP contribution in [0.5, 0.6) is 5.75 Å². The minimum Gasteiger partial charge on any atom is -0.497 e. The molecule has 0 unspecified atom stereocenters. The van der Waals surface area contributed by atoms with Gasteiger partial charge in [0.15, 0.2) is 5.78 Å². The Morgan fingerprint density at radius 3 is 2.36 bits per heavy atom. The number of sulfonamides is 1. The molecule has 186 valence electrons. The molecule has 0 saturated heterocycles. The van der Waals surface area contributed by atoms with Crippen LogP contribution in [0, 0.1) is 10.1 Å². The fourth-order valence-electron chi connectivity index (χ4n) is 4.11. The molecule has 0 amide bonds. The highest BCUT2D eigenvalue weighted by molar-refractivity contribution is 7.92. The van der Waals surface area contributed by atoms with Crippen LogP contribution >= 0.6 is 0 Å². The lowest BCUT2D eigenvalue weighted by Gasteiger charge is -2.29. The third-order valence-electron chi connectivity index (χ3n) is 5.83. The lowest BCUT2D eigenvalue weighted by molar-refractivity contribution is -0.384. The molecule has 0 bridgehead atoms. The van der Waals surface area contributed by atoms with Crippen LogP contribution in [0.3, 0.4) is 0 Å². The molecule has 9 nitrogen and oxygen atoms in total. The monoisotopic (exact) mass is 507 g/mol. The number of Topliss-reactive ketones (excluding diaryl/α,β-unsaturated/α-hetero) is 1. The van der Waals surface area contributed by atoms with Crippen LogP contribution in [-0.2, 0) is 16.4 Å². The number of hydrogen-bond acceptors (Lipinski definition) is 7. The molecular formula is C26H25N3O6S. The van der Waals surface area contributed by atoms with Gasteiger partial charge in [0.25, 0.3) is 15.7 Å².